The highest BCUT2D eigenvalue weighted by Gasteiger charge is 2.42. The Kier molecular flexibility index (Phi) is 5.79. The van der Waals surface area contributed by atoms with E-state index in [2.05, 4.69) is 32.8 Å². The van der Waals surface area contributed by atoms with Crippen LogP contribution < -0.4 is 15.0 Å². The molecule has 1 saturated heterocycles. The molecule has 34 heavy (non-hydrogen) atoms. The highest BCUT2D eigenvalue weighted by atomic mass is 32.1. The minimum absolute atomic E-state index is 0.149. The number of halogens is 1. The Morgan fingerprint density at radius 1 is 0.971 bits per heavy atom. The first-order valence-corrected chi connectivity index (χ1v) is 11.5. The van der Waals surface area contributed by atoms with Gasteiger partial charge in [0.05, 0.1) is 24.9 Å². The van der Waals surface area contributed by atoms with Gasteiger partial charge in [0.25, 0.3) is 0 Å². The first kappa shape index (κ1) is 22.1. The summed E-state index contributed by atoms with van der Waals surface area (Å²) in [6.45, 7) is 4.10. The number of ether oxygens (including phenoxy) is 1. The number of nitrogens with one attached hydrogen (secondary N) is 1. The van der Waals surface area contributed by atoms with Crippen molar-refractivity contribution in [2.24, 2.45) is 0 Å². The van der Waals surface area contributed by atoms with E-state index in [1.54, 1.807) is 25.4 Å². The zero-order chi connectivity index (χ0) is 23.8. The van der Waals surface area contributed by atoms with Crippen LogP contribution in [-0.4, -0.2) is 21.8 Å². The van der Waals surface area contributed by atoms with Gasteiger partial charge in [0.1, 0.15) is 11.6 Å². The SMILES string of the molecule is COc1ccc(N2C(=S)N[C@H](c3ccccn3)[C@H]2c2cc(C)n(-c3cccc(F)c3)c2C)cc1. The van der Waals surface area contributed by atoms with E-state index in [1.807, 2.05) is 55.5 Å². The predicted molar refractivity (Wildman–Crippen MR) is 136 cm³/mol. The second-order valence-corrected chi connectivity index (χ2v) is 8.72. The first-order valence-electron chi connectivity index (χ1n) is 11.1. The molecule has 5 rings (SSSR count). The maximum Gasteiger partial charge on any atom is 0.174 e. The van der Waals surface area contributed by atoms with Crippen molar-refractivity contribution in [3.63, 3.8) is 0 Å². The molecular formula is C27H25FN4OS. The summed E-state index contributed by atoms with van der Waals surface area (Å²) >= 11 is 5.83. The highest BCUT2D eigenvalue weighted by Crippen LogP contribution is 2.44. The summed E-state index contributed by atoms with van der Waals surface area (Å²) in [5.41, 5.74) is 5.80. The monoisotopic (exact) mass is 472 g/mol. The molecule has 2 aromatic carbocycles. The van der Waals surface area contributed by atoms with E-state index in [9.17, 15) is 4.39 Å². The number of aryl methyl sites for hydroxylation is 1. The van der Waals surface area contributed by atoms with E-state index in [0.29, 0.717) is 5.11 Å². The van der Waals surface area contributed by atoms with Gasteiger partial charge in [-0.2, -0.15) is 0 Å². The van der Waals surface area contributed by atoms with Gasteiger partial charge in [-0.25, -0.2) is 4.39 Å². The summed E-state index contributed by atoms with van der Waals surface area (Å²) in [6, 6.07) is 22.3. The first-order chi connectivity index (χ1) is 16.5. The molecule has 0 saturated carbocycles. The summed E-state index contributed by atoms with van der Waals surface area (Å²) in [5.74, 6) is 0.519. The third-order valence-corrected chi connectivity index (χ3v) is 6.62. The summed E-state index contributed by atoms with van der Waals surface area (Å²) < 4.78 is 21.5. The number of aromatic nitrogens is 2. The Morgan fingerprint density at radius 2 is 1.76 bits per heavy atom. The molecule has 1 aliphatic heterocycles. The van der Waals surface area contributed by atoms with Crippen LogP contribution in [0.25, 0.3) is 5.69 Å². The smallest absolute Gasteiger partial charge is 0.174 e. The molecule has 2 atom stereocenters. The van der Waals surface area contributed by atoms with Crippen molar-refractivity contribution in [1.29, 1.82) is 0 Å². The van der Waals surface area contributed by atoms with Crippen LogP contribution in [-0.2, 0) is 0 Å². The van der Waals surface area contributed by atoms with E-state index < -0.39 is 0 Å². The van der Waals surface area contributed by atoms with Crippen LogP contribution in [0.3, 0.4) is 0 Å². The molecule has 1 N–H and O–H groups in total. The van der Waals surface area contributed by atoms with Gasteiger partial charge in [-0.05, 0) is 92.3 Å². The van der Waals surface area contributed by atoms with Crippen LogP contribution in [0, 0.1) is 19.7 Å². The largest absolute Gasteiger partial charge is 0.497 e. The second kappa shape index (κ2) is 8.91. The Labute approximate surface area is 203 Å². The van der Waals surface area contributed by atoms with Crippen LogP contribution in [0.15, 0.2) is 79.0 Å². The topological polar surface area (TPSA) is 42.3 Å². The van der Waals surface area contributed by atoms with Gasteiger partial charge < -0.3 is 19.5 Å². The molecule has 0 aliphatic carbocycles. The lowest BCUT2D eigenvalue weighted by atomic mass is 9.96. The minimum Gasteiger partial charge on any atom is -0.497 e. The van der Waals surface area contributed by atoms with Crippen molar-refractivity contribution in [3.05, 3.63) is 107 Å². The maximum atomic E-state index is 14.0. The van der Waals surface area contributed by atoms with Crippen LogP contribution in [0.1, 0.15) is 34.7 Å². The van der Waals surface area contributed by atoms with Crippen molar-refractivity contribution in [1.82, 2.24) is 14.9 Å². The lowest BCUT2D eigenvalue weighted by Crippen LogP contribution is -2.29. The number of nitrogens with zero attached hydrogens (tertiary/aromatic N) is 3. The third kappa shape index (κ3) is 3.82. The van der Waals surface area contributed by atoms with E-state index in [-0.39, 0.29) is 17.9 Å². The average Bonchev–Trinajstić information content (AvgIpc) is 3.34. The predicted octanol–water partition coefficient (Wildman–Crippen LogP) is 5.81. The molecule has 3 heterocycles. The molecule has 1 aliphatic rings. The maximum absolute atomic E-state index is 14.0. The van der Waals surface area contributed by atoms with Crippen molar-refractivity contribution >= 4 is 23.0 Å². The van der Waals surface area contributed by atoms with E-state index in [0.717, 1.165) is 39.8 Å². The number of thiocarbonyl (C=S) groups is 1. The molecule has 2 aromatic heterocycles. The number of benzene rings is 2. The van der Waals surface area contributed by atoms with Crippen LogP contribution in [0.2, 0.25) is 0 Å². The van der Waals surface area contributed by atoms with E-state index in [1.165, 1.54) is 6.07 Å². The summed E-state index contributed by atoms with van der Waals surface area (Å²) in [5, 5.41) is 4.12. The van der Waals surface area contributed by atoms with Crippen molar-refractivity contribution in [2.45, 2.75) is 25.9 Å². The van der Waals surface area contributed by atoms with Gasteiger partial charge in [-0.1, -0.05) is 12.1 Å². The molecule has 4 aromatic rings. The zero-order valence-electron chi connectivity index (χ0n) is 19.2. The van der Waals surface area contributed by atoms with Gasteiger partial charge in [-0.3, -0.25) is 4.98 Å². The number of hydrogen-bond donors (Lipinski definition) is 1. The quantitative estimate of drug-likeness (QED) is 0.371. The van der Waals surface area contributed by atoms with Gasteiger partial charge in [0, 0.05) is 29.0 Å². The fourth-order valence-corrected chi connectivity index (χ4v) is 5.14. The molecule has 1 fully saturated rings. The Bertz CT molecular complexity index is 1340. The number of rotatable bonds is 5. The summed E-state index contributed by atoms with van der Waals surface area (Å²) in [4.78, 5) is 6.76. The standard InChI is InChI=1S/C27H25FN4OS/c1-17-15-23(18(2)31(17)21-8-6-7-19(28)16-21)26-25(24-9-4-5-14-29-24)30-27(34)32(26)20-10-12-22(33-3)13-11-20/h4-16,25-26H,1-3H3,(H,30,34)/t25-,26-/m1/s1. The van der Waals surface area contributed by atoms with Crippen molar-refractivity contribution < 1.29 is 9.13 Å². The second-order valence-electron chi connectivity index (χ2n) is 8.34. The molecule has 5 nitrogen and oxygen atoms in total. The Morgan fingerprint density at radius 3 is 2.44 bits per heavy atom. The fraction of sp³-hybridized carbons (Fsp3) is 0.185. The lowest BCUT2D eigenvalue weighted by Gasteiger charge is -2.28. The number of pyridine rings is 1. The Hall–Kier alpha value is -3.71. The lowest BCUT2D eigenvalue weighted by molar-refractivity contribution is 0.415. The van der Waals surface area contributed by atoms with Crippen LogP contribution in [0.5, 0.6) is 5.75 Å². The fourth-order valence-electron chi connectivity index (χ4n) is 4.79. The minimum atomic E-state index is -0.263. The van der Waals surface area contributed by atoms with Crippen LogP contribution in [0.4, 0.5) is 10.1 Å². The van der Waals surface area contributed by atoms with Gasteiger partial charge in [0.2, 0.25) is 0 Å². The molecular weight excluding hydrogens is 447 g/mol. The third-order valence-electron chi connectivity index (χ3n) is 6.30. The Balaban J connectivity index is 1.67. The van der Waals surface area contributed by atoms with Crippen molar-refractivity contribution in [2.75, 3.05) is 12.0 Å². The number of methoxy groups -OCH3 is 1. The molecule has 0 amide bonds. The average molecular weight is 473 g/mol. The molecule has 172 valence electrons. The highest BCUT2D eigenvalue weighted by molar-refractivity contribution is 7.80. The molecule has 7 heteroatoms. The summed E-state index contributed by atoms with van der Waals surface area (Å²) in [7, 11) is 1.65. The molecule has 0 spiro atoms. The molecule has 0 bridgehead atoms. The molecule has 0 unspecified atom stereocenters. The normalized spacial score (nSPS) is 17.6. The van der Waals surface area contributed by atoms with E-state index in [4.69, 9.17) is 17.0 Å². The number of hydrogen-bond acceptors (Lipinski definition) is 3. The zero-order valence-corrected chi connectivity index (χ0v) is 20.0. The van der Waals surface area contributed by atoms with E-state index >= 15 is 0 Å². The molecule has 0 radical (unpaired) electrons. The number of anilines is 1. The van der Waals surface area contributed by atoms with Gasteiger partial charge >= 0.3 is 0 Å². The van der Waals surface area contributed by atoms with Crippen molar-refractivity contribution in [3.8, 4) is 11.4 Å². The van der Waals surface area contributed by atoms with Crippen LogP contribution >= 0.6 is 12.2 Å². The van der Waals surface area contributed by atoms with Gasteiger partial charge in [-0.15, -0.1) is 0 Å². The summed E-state index contributed by atoms with van der Waals surface area (Å²) in [6.07, 6.45) is 1.79. The van der Waals surface area contributed by atoms with Gasteiger partial charge in [0.15, 0.2) is 5.11 Å².